The molecule has 0 saturated carbocycles. The van der Waals surface area contributed by atoms with Gasteiger partial charge in [0.2, 0.25) is 0 Å². The topological polar surface area (TPSA) is 29.9 Å². The van der Waals surface area contributed by atoms with E-state index in [4.69, 9.17) is 0 Å². The van der Waals surface area contributed by atoms with Gasteiger partial charge in [0.1, 0.15) is 5.82 Å². The number of aromatic nitrogens is 2. The van der Waals surface area contributed by atoms with E-state index in [0.717, 1.165) is 11.4 Å². The van der Waals surface area contributed by atoms with E-state index in [2.05, 4.69) is 17.3 Å². The van der Waals surface area contributed by atoms with Crippen LogP contribution in [0.1, 0.15) is 24.2 Å². The van der Waals surface area contributed by atoms with Gasteiger partial charge in [0.05, 0.1) is 11.7 Å². The fourth-order valence-corrected chi connectivity index (χ4v) is 1.87. The van der Waals surface area contributed by atoms with Gasteiger partial charge in [0.15, 0.2) is 0 Å². The van der Waals surface area contributed by atoms with Crippen molar-refractivity contribution in [1.29, 1.82) is 0 Å². The van der Waals surface area contributed by atoms with Crippen LogP contribution in [0.2, 0.25) is 0 Å². The maximum Gasteiger partial charge on any atom is 0.126 e. The van der Waals surface area contributed by atoms with Crippen molar-refractivity contribution in [1.82, 2.24) is 9.78 Å². The second-order valence-electron chi connectivity index (χ2n) is 4.21. The fourth-order valence-electron chi connectivity index (χ4n) is 1.87. The normalized spacial score (nSPS) is 12.5. The Morgan fingerprint density at radius 3 is 2.71 bits per heavy atom. The van der Waals surface area contributed by atoms with Crippen LogP contribution in [0.3, 0.4) is 0 Å². The van der Waals surface area contributed by atoms with Crippen LogP contribution < -0.4 is 5.32 Å². The minimum absolute atomic E-state index is 0.132. The van der Waals surface area contributed by atoms with Crippen molar-refractivity contribution in [3.05, 3.63) is 47.5 Å². The molecule has 0 aliphatic rings. The molecule has 0 spiro atoms. The molecule has 1 N–H and O–H groups in total. The second-order valence-corrected chi connectivity index (χ2v) is 4.21. The Hall–Kier alpha value is -1.84. The number of halogens is 1. The van der Waals surface area contributed by atoms with Crippen molar-refractivity contribution in [3.8, 4) is 0 Å². The summed E-state index contributed by atoms with van der Waals surface area (Å²) < 4.78 is 15.0. The molecule has 2 aromatic rings. The zero-order valence-electron chi connectivity index (χ0n) is 10.2. The Morgan fingerprint density at radius 2 is 2.12 bits per heavy atom. The van der Waals surface area contributed by atoms with Crippen LogP contribution in [0.5, 0.6) is 0 Å². The Balaban J connectivity index is 2.16. The predicted molar refractivity (Wildman–Crippen MR) is 66.4 cm³/mol. The summed E-state index contributed by atoms with van der Waals surface area (Å²) in [7, 11) is 1.91. The van der Waals surface area contributed by atoms with Crippen LogP contribution in [0.4, 0.5) is 10.1 Å². The van der Waals surface area contributed by atoms with Crippen molar-refractivity contribution >= 4 is 5.69 Å². The zero-order chi connectivity index (χ0) is 12.4. The molecular formula is C13H16FN3. The van der Waals surface area contributed by atoms with Gasteiger partial charge in [-0.05, 0) is 43.7 Å². The molecule has 1 atom stereocenters. The first-order valence-corrected chi connectivity index (χ1v) is 5.58. The van der Waals surface area contributed by atoms with Crippen molar-refractivity contribution in [2.45, 2.75) is 19.9 Å². The molecule has 0 aliphatic carbocycles. The first-order valence-electron chi connectivity index (χ1n) is 5.58. The van der Waals surface area contributed by atoms with Crippen molar-refractivity contribution in [2.75, 3.05) is 5.32 Å². The zero-order valence-corrected chi connectivity index (χ0v) is 10.2. The molecule has 0 fully saturated rings. The van der Waals surface area contributed by atoms with Gasteiger partial charge >= 0.3 is 0 Å². The number of benzene rings is 1. The van der Waals surface area contributed by atoms with Crippen LogP contribution in [0.25, 0.3) is 0 Å². The minimum atomic E-state index is -0.177. The standard InChI is InChI=1S/C13H16FN3/c1-9-8-11(4-5-12(9)14)16-10(2)13-6-7-15-17(13)3/h4-8,10,16H,1-3H3. The predicted octanol–water partition coefficient (Wildman–Crippen LogP) is 3.04. The molecule has 2 rings (SSSR count). The summed E-state index contributed by atoms with van der Waals surface area (Å²) in [5, 5.41) is 7.45. The number of rotatable bonds is 3. The van der Waals surface area contributed by atoms with E-state index in [0.29, 0.717) is 5.56 Å². The molecule has 90 valence electrons. The molecule has 0 amide bonds. The number of nitrogens with one attached hydrogen (secondary N) is 1. The highest BCUT2D eigenvalue weighted by atomic mass is 19.1. The van der Waals surface area contributed by atoms with Gasteiger partial charge in [-0.25, -0.2) is 4.39 Å². The summed E-state index contributed by atoms with van der Waals surface area (Å²) in [5.74, 6) is -0.177. The number of aryl methyl sites for hydroxylation is 2. The molecule has 1 aromatic heterocycles. The molecule has 0 saturated heterocycles. The summed E-state index contributed by atoms with van der Waals surface area (Å²) in [6, 6.07) is 7.13. The monoisotopic (exact) mass is 233 g/mol. The molecule has 3 nitrogen and oxygen atoms in total. The Bertz CT molecular complexity index is 519. The molecule has 1 aromatic carbocycles. The molecule has 4 heteroatoms. The highest BCUT2D eigenvalue weighted by Gasteiger charge is 2.09. The fraction of sp³-hybridized carbons (Fsp3) is 0.308. The number of hydrogen-bond donors (Lipinski definition) is 1. The van der Waals surface area contributed by atoms with Crippen molar-refractivity contribution in [2.24, 2.45) is 7.05 Å². The summed E-state index contributed by atoms with van der Waals surface area (Å²) in [6.07, 6.45) is 1.77. The first kappa shape index (κ1) is 11.6. The lowest BCUT2D eigenvalue weighted by molar-refractivity contribution is 0.618. The molecular weight excluding hydrogens is 217 g/mol. The molecule has 1 unspecified atom stereocenters. The molecule has 17 heavy (non-hydrogen) atoms. The first-order chi connectivity index (χ1) is 8.08. The third kappa shape index (κ3) is 2.46. The average Bonchev–Trinajstić information content (AvgIpc) is 2.70. The molecule has 1 heterocycles. The number of nitrogens with zero attached hydrogens (tertiary/aromatic N) is 2. The highest BCUT2D eigenvalue weighted by Crippen LogP contribution is 2.20. The van der Waals surface area contributed by atoms with E-state index >= 15 is 0 Å². The van der Waals surface area contributed by atoms with Gasteiger partial charge in [-0.15, -0.1) is 0 Å². The van der Waals surface area contributed by atoms with Gasteiger partial charge in [-0.3, -0.25) is 4.68 Å². The van der Waals surface area contributed by atoms with E-state index in [-0.39, 0.29) is 11.9 Å². The van der Waals surface area contributed by atoms with Crippen LogP contribution in [0, 0.1) is 12.7 Å². The average molecular weight is 233 g/mol. The highest BCUT2D eigenvalue weighted by molar-refractivity contribution is 5.47. The lowest BCUT2D eigenvalue weighted by atomic mass is 10.1. The molecule has 0 aliphatic heterocycles. The van der Waals surface area contributed by atoms with Gasteiger partial charge < -0.3 is 5.32 Å². The minimum Gasteiger partial charge on any atom is -0.377 e. The second kappa shape index (κ2) is 4.57. The lowest BCUT2D eigenvalue weighted by Gasteiger charge is -2.16. The summed E-state index contributed by atoms with van der Waals surface area (Å²) in [4.78, 5) is 0. The maximum atomic E-state index is 13.1. The van der Waals surface area contributed by atoms with Gasteiger partial charge in [-0.2, -0.15) is 5.10 Å². The van der Waals surface area contributed by atoms with E-state index < -0.39 is 0 Å². The van der Waals surface area contributed by atoms with E-state index in [1.807, 2.05) is 23.9 Å². The maximum absolute atomic E-state index is 13.1. The molecule has 0 radical (unpaired) electrons. The van der Waals surface area contributed by atoms with Crippen molar-refractivity contribution < 1.29 is 4.39 Å². The van der Waals surface area contributed by atoms with Gasteiger partial charge in [0, 0.05) is 18.9 Å². The Kier molecular flexibility index (Phi) is 3.13. The SMILES string of the molecule is Cc1cc(NC(C)c2ccnn2C)ccc1F. The van der Waals surface area contributed by atoms with Crippen LogP contribution in [-0.4, -0.2) is 9.78 Å². The largest absolute Gasteiger partial charge is 0.377 e. The Labute approximate surface area is 100 Å². The number of anilines is 1. The summed E-state index contributed by atoms with van der Waals surface area (Å²) in [6.45, 7) is 3.81. The van der Waals surface area contributed by atoms with E-state index in [9.17, 15) is 4.39 Å². The summed E-state index contributed by atoms with van der Waals surface area (Å²) in [5.41, 5.74) is 2.65. The van der Waals surface area contributed by atoms with Crippen molar-refractivity contribution in [3.63, 3.8) is 0 Å². The number of hydrogen-bond acceptors (Lipinski definition) is 2. The third-order valence-corrected chi connectivity index (χ3v) is 2.84. The van der Waals surface area contributed by atoms with Gasteiger partial charge in [-0.1, -0.05) is 0 Å². The quantitative estimate of drug-likeness (QED) is 0.883. The van der Waals surface area contributed by atoms with E-state index in [1.54, 1.807) is 19.2 Å². The van der Waals surface area contributed by atoms with Crippen LogP contribution in [0.15, 0.2) is 30.5 Å². The molecule has 0 bridgehead atoms. The smallest absolute Gasteiger partial charge is 0.126 e. The lowest BCUT2D eigenvalue weighted by Crippen LogP contribution is -2.11. The van der Waals surface area contributed by atoms with Crippen LogP contribution in [-0.2, 0) is 7.05 Å². The summed E-state index contributed by atoms with van der Waals surface area (Å²) >= 11 is 0. The van der Waals surface area contributed by atoms with Gasteiger partial charge in [0.25, 0.3) is 0 Å². The van der Waals surface area contributed by atoms with E-state index in [1.165, 1.54) is 6.07 Å². The Morgan fingerprint density at radius 1 is 1.35 bits per heavy atom. The third-order valence-electron chi connectivity index (χ3n) is 2.84. The van der Waals surface area contributed by atoms with Crippen LogP contribution >= 0.6 is 0 Å².